The Labute approximate surface area is 182 Å². The summed E-state index contributed by atoms with van der Waals surface area (Å²) < 4.78 is 45.3. The summed E-state index contributed by atoms with van der Waals surface area (Å²) in [5.41, 5.74) is 1.06. The molecule has 0 fully saturated rings. The fourth-order valence-corrected chi connectivity index (χ4v) is 3.59. The molecule has 1 unspecified atom stereocenters. The molecule has 164 valence electrons. The van der Waals surface area contributed by atoms with Gasteiger partial charge in [0.05, 0.1) is 5.52 Å². The number of carbonyl (C=O) groups is 1. The molecule has 0 saturated carbocycles. The molecule has 2 aromatic carbocycles. The lowest BCUT2D eigenvalue weighted by Gasteiger charge is -2.22. The summed E-state index contributed by atoms with van der Waals surface area (Å²) in [4.78, 5) is 15.9. The third-order valence-electron chi connectivity index (χ3n) is 4.93. The van der Waals surface area contributed by atoms with Crippen LogP contribution < -0.4 is 0 Å². The number of halogens is 4. The number of hydrogen-bond donors (Lipinski definition) is 1. The highest BCUT2D eigenvalue weighted by molar-refractivity contribution is 6.30. The summed E-state index contributed by atoms with van der Waals surface area (Å²) >= 11 is 6.00. The Kier molecular flexibility index (Phi) is 6.86. The van der Waals surface area contributed by atoms with E-state index in [0.29, 0.717) is 39.1 Å². The topological polar surface area (TPSA) is 59.4 Å². The minimum atomic E-state index is -4.59. The maximum Gasteiger partial charge on any atom is 0.433 e. The second-order valence-corrected chi connectivity index (χ2v) is 7.63. The van der Waals surface area contributed by atoms with E-state index < -0.39 is 23.9 Å². The van der Waals surface area contributed by atoms with Crippen molar-refractivity contribution in [2.45, 2.75) is 39.0 Å². The highest BCUT2D eigenvalue weighted by atomic mass is 35.5. The number of alkyl halides is 3. The minimum absolute atomic E-state index is 0.124. The van der Waals surface area contributed by atoms with Gasteiger partial charge in [0.15, 0.2) is 6.10 Å². The Morgan fingerprint density at radius 3 is 2.45 bits per heavy atom. The second kappa shape index (κ2) is 9.24. The second-order valence-electron chi connectivity index (χ2n) is 7.19. The van der Waals surface area contributed by atoms with Crippen molar-refractivity contribution in [3.05, 3.63) is 64.3 Å². The largest absolute Gasteiger partial charge is 0.479 e. The van der Waals surface area contributed by atoms with Gasteiger partial charge in [-0.2, -0.15) is 13.2 Å². The number of nitrogens with zero attached hydrogens (tertiary/aromatic N) is 1. The highest BCUT2D eigenvalue weighted by Gasteiger charge is 2.33. The Bertz CT molecular complexity index is 1100. The smallest absolute Gasteiger partial charge is 0.433 e. The lowest BCUT2D eigenvalue weighted by molar-refractivity contribution is -0.151. The summed E-state index contributed by atoms with van der Waals surface area (Å²) in [7, 11) is 0. The summed E-state index contributed by atoms with van der Waals surface area (Å²) in [6.45, 7) is 3.86. The number of unbranched alkanes of at least 4 members (excludes halogenated alkanes) is 1. The van der Waals surface area contributed by atoms with E-state index in [1.165, 1.54) is 12.1 Å². The van der Waals surface area contributed by atoms with Gasteiger partial charge in [-0.3, -0.25) is 0 Å². The zero-order chi connectivity index (χ0) is 22.8. The molecule has 1 heterocycles. The van der Waals surface area contributed by atoms with Crippen LogP contribution in [-0.2, 0) is 15.7 Å². The Morgan fingerprint density at radius 1 is 1.19 bits per heavy atom. The van der Waals surface area contributed by atoms with Crippen molar-refractivity contribution in [2.24, 2.45) is 0 Å². The Balaban J connectivity index is 2.31. The van der Waals surface area contributed by atoms with E-state index in [9.17, 15) is 23.1 Å². The number of pyridine rings is 1. The average molecular weight is 452 g/mol. The van der Waals surface area contributed by atoms with E-state index in [2.05, 4.69) is 4.98 Å². The molecule has 0 spiro atoms. The number of hydrogen-bond acceptors (Lipinski definition) is 3. The van der Waals surface area contributed by atoms with Gasteiger partial charge in [0.2, 0.25) is 0 Å². The Hall–Kier alpha value is -2.64. The van der Waals surface area contributed by atoms with E-state index in [1.807, 2.05) is 6.92 Å². The van der Waals surface area contributed by atoms with Crippen LogP contribution in [0, 0.1) is 6.92 Å². The standard InChI is InChI=1S/C23H21ClF3NO3/c1-3-4-11-31-21(22(29)30)19-13(2)12-17-16(9-10-18(28-17)23(25,26)27)20(19)14-5-7-15(24)8-6-14/h5-10,12,21H,3-4,11H2,1-2H3,(H,29,30). The quantitative estimate of drug-likeness (QED) is 0.400. The predicted octanol–water partition coefficient (Wildman–Crippen LogP) is 6.82. The predicted molar refractivity (Wildman–Crippen MR) is 113 cm³/mol. The molecule has 1 N–H and O–H groups in total. The number of ether oxygens (including phenoxy) is 1. The first-order valence-electron chi connectivity index (χ1n) is 9.75. The van der Waals surface area contributed by atoms with Crippen molar-refractivity contribution in [2.75, 3.05) is 6.61 Å². The van der Waals surface area contributed by atoms with Crippen molar-refractivity contribution in [1.82, 2.24) is 4.98 Å². The Morgan fingerprint density at radius 2 is 1.87 bits per heavy atom. The molecule has 0 aliphatic rings. The van der Waals surface area contributed by atoms with Crippen molar-refractivity contribution < 1.29 is 27.8 Å². The molecule has 0 amide bonds. The minimum Gasteiger partial charge on any atom is -0.479 e. The average Bonchev–Trinajstić information content (AvgIpc) is 2.70. The first-order valence-corrected chi connectivity index (χ1v) is 10.1. The molecular formula is C23H21ClF3NO3. The van der Waals surface area contributed by atoms with Crippen LogP contribution in [0.15, 0.2) is 42.5 Å². The van der Waals surface area contributed by atoms with Crippen LogP contribution in [0.5, 0.6) is 0 Å². The number of aromatic nitrogens is 1. The van der Waals surface area contributed by atoms with Crippen LogP contribution in [0.3, 0.4) is 0 Å². The van der Waals surface area contributed by atoms with Crippen molar-refractivity contribution in [3.63, 3.8) is 0 Å². The van der Waals surface area contributed by atoms with Gasteiger partial charge in [-0.25, -0.2) is 9.78 Å². The lowest BCUT2D eigenvalue weighted by Crippen LogP contribution is -2.18. The number of carboxylic acid groups (broad SMARTS) is 1. The number of aliphatic carboxylic acids is 1. The molecule has 1 aromatic heterocycles. The molecule has 0 bridgehead atoms. The van der Waals surface area contributed by atoms with Gasteiger partial charge in [0.1, 0.15) is 5.69 Å². The van der Waals surface area contributed by atoms with Gasteiger partial charge in [-0.1, -0.05) is 43.1 Å². The molecule has 4 nitrogen and oxygen atoms in total. The molecule has 0 aliphatic heterocycles. The summed E-state index contributed by atoms with van der Waals surface area (Å²) in [5, 5.41) is 10.8. The molecule has 0 radical (unpaired) electrons. The van der Waals surface area contributed by atoms with Crippen LogP contribution in [0.1, 0.15) is 42.7 Å². The van der Waals surface area contributed by atoms with Crippen LogP contribution >= 0.6 is 11.6 Å². The molecule has 31 heavy (non-hydrogen) atoms. The fourth-order valence-electron chi connectivity index (χ4n) is 3.47. The summed E-state index contributed by atoms with van der Waals surface area (Å²) in [6, 6.07) is 10.4. The molecule has 0 aliphatic carbocycles. The monoisotopic (exact) mass is 451 g/mol. The van der Waals surface area contributed by atoms with E-state index in [-0.39, 0.29) is 12.1 Å². The van der Waals surface area contributed by atoms with Gasteiger partial charge in [-0.05, 0) is 54.3 Å². The van der Waals surface area contributed by atoms with Gasteiger partial charge in [0.25, 0.3) is 0 Å². The van der Waals surface area contributed by atoms with E-state index in [4.69, 9.17) is 16.3 Å². The number of aryl methyl sites for hydroxylation is 1. The normalized spacial score (nSPS) is 12.8. The summed E-state index contributed by atoms with van der Waals surface area (Å²) in [5.74, 6) is -1.17. The first-order chi connectivity index (χ1) is 14.6. The van der Waals surface area contributed by atoms with Crippen LogP contribution in [0.2, 0.25) is 5.02 Å². The van der Waals surface area contributed by atoms with Crippen LogP contribution in [-0.4, -0.2) is 22.7 Å². The van der Waals surface area contributed by atoms with E-state index >= 15 is 0 Å². The van der Waals surface area contributed by atoms with E-state index in [0.717, 1.165) is 12.5 Å². The molecule has 1 atom stereocenters. The SMILES string of the molecule is CCCCOC(C(=O)O)c1c(C)cc2nc(C(F)(F)F)ccc2c1-c1ccc(Cl)cc1. The first kappa shape index (κ1) is 23.0. The molecule has 8 heteroatoms. The highest BCUT2D eigenvalue weighted by Crippen LogP contribution is 2.40. The number of rotatable bonds is 7. The van der Waals surface area contributed by atoms with E-state index in [1.54, 1.807) is 31.2 Å². The van der Waals surface area contributed by atoms with Gasteiger partial charge in [0, 0.05) is 22.6 Å². The van der Waals surface area contributed by atoms with Crippen molar-refractivity contribution >= 4 is 28.5 Å². The number of benzene rings is 2. The number of fused-ring (bicyclic) bond motifs is 1. The third-order valence-corrected chi connectivity index (χ3v) is 5.19. The number of carboxylic acids is 1. The van der Waals surface area contributed by atoms with Gasteiger partial charge in [-0.15, -0.1) is 0 Å². The fraction of sp³-hybridized carbons (Fsp3) is 0.304. The zero-order valence-electron chi connectivity index (χ0n) is 17.0. The van der Waals surface area contributed by atoms with Crippen molar-refractivity contribution in [3.8, 4) is 11.1 Å². The lowest BCUT2D eigenvalue weighted by atomic mass is 9.88. The molecule has 3 aromatic rings. The molecular weight excluding hydrogens is 431 g/mol. The zero-order valence-corrected chi connectivity index (χ0v) is 17.7. The van der Waals surface area contributed by atoms with Gasteiger partial charge >= 0.3 is 12.1 Å². The maximum absolute atomic E-state index is 13.2. The summed E-state index contributed by atoms with van der Waals surface area (Å²) in [6.07, 6.45) is -4.35. The van der Waals surface area contributed by atoms with Crippen LogP contribution in [0.4, 0.5) is 13.2 Å². The third kappa shape index (κ3) is 4.99. The van der Waals surface area contributed by atoms with Gasteiger partial charge < -0.3 is 9.84 Å². The van der Waals surface area contributed by atoms with Crippen molar-refractivity contribution in [1.29, 1.82) is 0 Å². The molecule has 0 saturated heterocycles. The van der Waals surface area contributed by atoms with Crippen LogP contribution in [0.25, 0.3) is 22.0 Å². The molecule has 3 rings (SSSR count). The maximum atomic E-state index is 13.2.